The lowest BCUT2D eigenvalue weighted by atomic mass is 9.92. The Kier molecular flexibility index (Phi) is 7.36. The maximum absolute atomic E-state index is 13.5. The summed E-state index contributed by atoms with van der Waals surface area (Å²) < 4.78 is 15.0. The van der Waals surface area contributed by atoms with E-state index in [1.54, 1.807) is 0 Å². The van der Waals surface area contributed by atoms with Crippen LogP contribution in [0.15, 0.2) is 36.4 Å². The van der Waals surface area contributed by atoms with Crippen LogP contribution in [-0.4, -0.2) is 41.9 Å². The van der Waals surface area contributed by atoms with Crippen molar-refractivity contribution in [3.8, 4) is 11.3 Å². The van der Waals surface area contributed by atoms with E-state index in [2.05, 4.69) is 11.4 Å². The number of fused-ring (bicyclic) bond motifs is 1. The van der Waals surface area contributed by atoms with E-state index < -0.39 is 15.7 Å². The molecule has 4 rings (SSSR count). The standard InChI is InChI=1S/C27H35N3O3S/c1-5-8-18-9-6-10-19(15-18)25-24-20(16-22(29-25)26(32)28-21-11-7-12-21)17-30(23(24)13-14-31)34(33)27(2,3)4/h5-6,8-10,15-16,21,23,31H,7,11-14,17H2,1-4H3,(H,28,32)/b8-5+/t23-,34?/m1/s1. The van der Waals surface area contributed by atoms with Gasteiger partial charge in [0.15, 0.2) is 0 Å². The maximum Gasteiger partial charge on any atom is 0.270 e. The third-order valence-electron chi connectivity index (χ3n) is 6.48. The fourth-order valence-electron chi connectivity index (χ4n) is 4.60. The Balaban J connectivity index is 1.85. The smallest absolute Gasteiger partial charge is 0.270 e. The van der Waals surface area contributed by atoms with Crippen molar-refractivity contribution in [2.24, 2.45) is 0 Å². The van der Waals surface area contributed by atoms with Crippen molar-refractivity contribution in [2.75, 3.05) is 6.61 Å². The third kappa shape index (κ3) is 5.02. The molecular weight excluding hydrogens is 446 g/mol. The minimum atomic E-state index is -1.28. The number of nitrogens with zero attached hydrogens (tertiary/aromatic N) is 2. The molecule has 34 heavy (non-hydrogen) atoms. The Labute approximate surface area is 205 Å². The number of carbonyl (C=O) groups is 1. The number of aliphatic hydroxyl groups is 1. The molecule has 1 aromatic heterocycles. The lowest BCUT2D eigenvalue weighted by molar-refractivity contribution is 0.0912. The maximum atomic E-state index is 13.5. The second-order valence-corrected chi connectivity index (χ2v) is 12.3. The number of rotatable bonds is 7. The van der Waals surface area contributed by atoms with Crippen molar-refractivity contribution >= 4 is 23.0 Å². The van der Waals surface area contributed by atoms with Gasteiger partial charge in [-0.2, -0.15) is 0 Å². The molecule has 2 atom stereocenters. The van der Waals surface area contributed by atoms with Gasteiger partial charge in [0.2, 0.25) is 0 Å². The van der Waals surface area contributed by atoms with Gasteiger partial charge in [-0.1, -0.05) is 30.4 Å². The number of hydrogen-bond acceptors (Lipinski definition) is 4. The predicted octanol–water partition coefficient (Wildman–Crippen LogP) is 4.77. The van der Waals surface area contributed by atoms with E-state index in [9.17, 15) is 14.1 Å². The molecular formula is C27H35N3O3S. The molecule has 2 aromatic rings. The second kappa shape index (κ2) is 10.1. The van der Waals surface area contributed by atoms with E-state index in [-0.39, 0.29) is 24.6 Å². The molecule has 0 bridgehead atoms. The van der Waals surface area contributed by atoms with E-state index in [0.29, 0.717) is 18.7 Å². The quantitative estimate of drug-likeness (QED) is 0.597. The molecule has 6 nitrogen and oxygen atoms in total. The second-order valence-electron chi connectivity index (χ2n) is 10.1. The summed E-state index contributed by atoms with van der Waals surface area (Å²) in [4.78, 5) is 18.0. The molecule has 1 aromatic carbocycles. The molecule has 7 heteroatoms. The van der Waals surface area contributed by atoms with Crippen LogP contribution in [0.5, 0.6) is 0 Å². The van der Waals surface area contributed by atoms with E-state index in [4.69, 9.17) is 4.98 Å². The molecule has 2 N–H and O–H groups in total. The average Bonchev–Trinajstić information content (AvgIpc) is 3.13. The number of allylic oxidation sites excluding steroid dienone is 1. The van der Waals surface area contributed by atoms with Gasteiger partial charge in [0, 0.05) is 30.3 Å². The van der Waals surface area contributed by atoms with Crippen LogP contribution in [0.4, 0.5) is 0 Å². The van der Waals surface area contributed by atoms with Crippen molar-refractivity contribution < 1.29 is 14.1 Å². The highest BCUT2D eigenvalue weighted by Gasteiger charge is 2.40. The van der Waals surface area contributed by atoms with Gasteiger partial charge in [0.05, 0.1) is 16.5 Å². The first kappa shape index (κ1) is 24.8. The van der Waals surface area contributed by atoms with Gasteiger partial charge in [-0.25, -0.2) is 13.5 Å². The predicted molar refractivity (Wildman–Crippen MR) is 137 cm³/mol. The molecule has 2 heterocycles. The molecule has 1 aliphatic heterocycles. The van der Waals surface area contributed by atoms with Gasteiger partial charge < -0.3 is 10.4 Å². The fourth-order valence-corrected chi connectivity index (χ4v) is 6.00. The van der Waals surface area contributed by atoms with Gasteiger partial charge in [-0.05, 0) is 76.6 Å². The Bertz CT molecular complexity index is 1120. The van der Waals surface area contributed by atoms with Crippen LogP contribution in [0.1, 0.15) is 86.6 Å². The lowest BCUT2D eigenvalue weighted by Gasteiger charge is -2.30. The molecule has 1 aliphatic carbocycles. The first-order valence-corrected chi connectivity index (χ1v) is 13.2. The highest BCUT2D eigenvalue weighted by molar-refractivity contribution is 7.84. The van der Waals surface area contributed by atoms with Crippen molar-refractivity contribution in [3.63, 3.8) is 0 Å². The SMILES string of the molecule is C/C=C/c1cccc(-c2nc(C(=O)NC3CCC3)cc3c2[C@@H](CCO)N(S(=O)C(C)(C)C)C3)c1. The van der Waals surface area contributed by atoms with Crippen LogP contribution >= 0.6 is 0 Å². The minimum Gasteiger partial charge on any atom is -0.396 e. The lowest BCUT2D eigenvalue weighted by Crippen LogP contribution is -2.39. The number of benzene rings is 1. The van der Waals surface area contributed by atoms with Crippen LogP contribution in [0.25, 0.3) is 17.3 Å². The number of aromatic nitrogens is 1. The van der Waals surface area contributed by atoms with E-state index in [1.807, 2.05) is 68.4 Å². The molecule has 1 amide bonds. The topological polar surface area (TPSA) is 82.5 Å². The average molecular weight is 482 g/mol. The Morgan fingerprint density at radius 2 is 2.06 bits per heavy atom. The molecule has 0 saturated heterocycles. The van der Waals surface area contributed by atoms with Crippen LogP contribution in [0.3, 0.4) is 0 Å². The summed E-state index contributed by atoms with van der Waals surface area (Å²) in [6, 6.07) is 9.92. The summed E-state index contributed by atoms with van der Waals surface area (Å²) in [6.45, 7) is 8.28. The molecule has 0 radical (unpaired) electrons. The van der Waals surface area contributed by atoms with Crippen LogP contribution < -0.4 is 5.32 Å². The first-order chi connectivity index (χ1) is 16.2. The van der Waals surface area contributed by atoms with Crippen molar-refractivity contribution in [1.82, 2.24) is 14.6 Å². The highest BCUT2D eigenvalue weighted by atomic mass is 32.2. The van der Waals surface area contributed by atoms with Crippen LogP contribution in [0.2, 0.25) is 0 Å². The number of amides is 1. The summed E-state index contributed by atoms with van der Waals surface area (Å²) >= 11 is 0. The monoisotopic (exact) mass is 481 g/mol. The van der Waals surface area contributed by atoms with Crippen LogP contribution in [-0.2, 0) is 17.5 Å². The Morgan fingerprint density at radius 1 is 1.29 bits per heavy atom. The number of aliphatic hydroxyl groups excluding tert-OH is 1. The zero-order valence-electron chi connectivity index (χ0n) is 20.5. The molecule has 0 spiro atoms. The number of hydrogen-bond donors (Lipinski definition) is 2. The van der Waals surface area contributed by atoms with Crippen molar-refractivity contribution in [2.45, 2.75) is 76.8 Å². The van der Waals surface area contributed by atoms with E-state index in [0.717, 1.165) is 47.2 Å². The third-order valence-corrected chi connectivity index (χ3v) is 8.34. The molecule has 1 fully saturated rings. The largest absolute Gasteiger partial charge is 0.396 e. The number of nitrogens with one attached hydrogen (secondary N) is 1. The Hall–Kier alpha value is -2.35. The number of pyridine rings is 1. The van der Waals surface area contributed by atoms with Gasteiger partial charge in [-0.3, -0.25) is 4.79 Å². The Morgan fingerprint density at radius 3 is 2.68 bits per heavy atom. The highest BCUT2D eigenvalue weighted by Crippen LogP contribution is 2.44. The number of carbonyl (C=O) groups excluding carboxylic acids is 1. The van der Waals surface area contributed by atoms with E-state index >= 15 is 0 Å². The van der Waals surface area contributed by atoms with Gasteiger partial charge >= 0.3 is 0 Å². The van der Waals surface area contributed by atoms with Crippen molar-refractivity contribution in [3.05, 3.63) is 58.8 Å². The molecule has 182 valence electrons. The summed E-state index contributed by atoms with van der Waals surface area (Å²) in [7, 11) is -1.28. The summed E-state index contributed by atoms with van der Waals surface area (Å²) in [5.41, 5.74) is 5.00. The van der Waals surface area contributed by atoms with Crippen LogP contribution in [0, 0.1) is 0 Å². The molecule has 1 unspecified atom stereocenters. The van der Waals surface area contributed by atoms with E-state index in [1.165, 1.54) is 0 Å². The summed E-state index contributed by atoms with van der Waals surface area (Å²) in [5, 5.41) is 13.0. The zero-order valence-corrected chi connectivity index (χ0v) is 21.3. The van der Waals surface area contributed by atoms with Gasteiger partial charge in [0.25, 0.3) is 5.91 Å². The van der Waals surface area contributed by atoms with Gasteiger partial charge in [0.1, 0.15) is 16.7 Å². The minimum absolute atomic E-state index is 0.0239. The molecule has 1 saturated carbocycles. The van der Waals surface area contributed by atoms with Crippen molar-refractivity contribution in [1.29, 1.82) is 0 Å². The summed E-state index contributed by atoms with van der Waals surface area (Å²) in [5.74, 6) is -0.160. The van der Waals surface area contributed by atoms with Gasteiger partial charge in [-0.15, -0.1) is 0 Å². The summed E-state index contributed by atoms with van der Waals surface area (Å²) in [6.07, 6.45) is 7.62. The fraction of sp³-hybridized carbons (Fsp3) is 0.481. The molecule has 2 aliphatic rings. The normalized spacial score (nSPS) is 19.7. The zero-order chi connectivity index (χ0) is 24.5. The first-order valence-electron chi connectivity index (χ1n) is 12.1.